The van der Waals surface area contributed by atoms with Gasteiger partial charge in [-0.25, -0.2) is 4.79 Å². The monoisotopic (exact) mass is 319 g/mol. The molecule has 1 amide bonds. The van der Waals surface area contributed by atoms with Crippen molar-refractivity contribution in [1.29, 1.82) is 0 Å². The first-order valence-electron chi connectivity index (χ1n) is 8.27. The third-order valence-electron chi connectivity index (χ3n) is 3.79. The van der Waals surface area contributed by atoms with E-state index in [2.05, 4.69) is 33.0 Å². The van der Waals surface area contributed by atoms with Crippen molar-refractivity contribution in [1.82, 2.24) is 5.32 Å². The zero-order chi connectivity index (χ0) is 17.5. The molecule has 1 aromatic rings. The van der Waals surface area contributed by atoms with Gasteiger partial charge in [-0.2, -0.15) is 0 Å². The van der Waals surface area contributed by atoms with Crippen molar-refractivity contribution in [3.05, 3.63) is 35.4 Å². The van der Waals surface area contributed by atoms with Crippen LogP contribution in [-0.2, 0) is 11.2 Å². The molecular weight excluding hydrogens is 290 g/mol. The number of carbonyl (C=O) groups excluding carboxylic acids is 1. The van der Waals surface area contributed by atoms with E-state index in [0.717, 1.165) is 12.8 Å². The smallest absolute Gasteiger partial charge is 0.335 e. The second-order valence-electron chi connectivity index (χ2n) is 7.47. The molecule has 0 bridgehead atoms. The number of carboxylic acid groups (broad SMARTS) is 1. The van der Waals surface area contributed by atoms with E-state index >= 15 is 0 Å². The molecule has 1 aromatic carbocycles. The standard InChI is InChI=1S/C19H29NO3/c1-14(13-19(2,3)4)11-12-20-17(21)10-9-15-7-5-6-8-16(15)18(22)23/h5-8,14H,9-13H2,1-4H3,(H,20,21)(H,22,23). The van der Waals surface area contributed by atoms with E-state index < -0.39 is 5.97 Å². The molecule has 0 spiro atoms. The van der Waals surface area contributed by atoms with Crippen LogP contribution in [0.5, 0.6) is 0 Å². The average molecular weight is 319 g/mol. The molecule has 1 unspecified atom stereocenters. The van der Waals surface area contributed by atoms with Crippen LogP contribution in [0.3, 0.4) is 0 Å². The number of rotatable bonds is 8. The van der Waals surface area contributed by atoms with Gasteiger partial charge < -0.3 is 10.4 Å². The summed E-state index contributed by atoms with van der Waals surface area (Å²) in [7, 11) is 0. The van der Waals surface area contributed by atoms with E-state index in [1.807, 2.05) is 0 Å². The summed E-state index contributed by atoms with van der Waals surface area (Å²) < 4.78 is 0. The van der Waals surface area contributed by atoms with Crippen molar-refractivity contribution in [3.8, 4) is 0 Å². The van der Waals surface area contributed by atoms with Gasteiger partial charge in [0.05, 0.1) is 5.56 Å². The van der Waals surface area contributed by atoms with Gasteiger partial charge in [0.1, 0.15) is 0 Å². The number of carbonyl (C=O) groups is 2. The number of aromatic carboxylic acids is 1. The Morgan fingerprint density at radius 1 is 1.22 bits per heavy atom. The fourth-order valence-corrected chi connectivity index (χ4v) is 2.89. The van der Waals surface area contributed by atoms with Crippen LogP contribution in [0.4, 0.5) is 0 Å². The highest BCUT2D eigenvalue weighted by atomic mass is 16.4. The number of aryl methyl sites for hydroxylation is 1. The largest absolute Gasteiger partial charge is 0.478 e. The van der Waals surface area contributed by atoms with Gasteiger partial charge in [0.15, 0.2) is 0 Å². The van der Waals surface area contributed by atoms with E-state index in [9.17, 15) is 9.59 Å². The van der Waals surface area contributed by atoms with E-state index in [-0.39, 0.29) is 11.5 Å². The number of hydrogen-bond acceptors (Lipinski definition) is 2. The van der Waals surface area contributed by atoms with Gasteiger partial charge in [-0.15, -0.1) is 0 Å². The van der Waals surface area contributed by atoms with Crippen LogP contribution in [0.1, 0.15) is 62.9 Å². The summed E-state index contributed by atoms with van der Waals surface area (Å²) in [5.41, 5.74) is 1.29. The summed E-state index contributed by atoms with van der Waals surface area (Å²) in [6, 6.07) is 6.84. The topological polar surface area (TPSA) is 66.4 Å². The molecule has 23 heavy (non-hydrogen) atoms. The van der Waals surface area contributed by atoms with Crippen molar-refractivity contribution < 1.29 is 14.7 Å². The van der Waals surface area contributed by atoms with Crippen LogP contribution in [0.25, 0.3) is 0 Å². The minimum absolute atomic E-state index is 0.0202. The second-order valence-corrected chi connectivity index (χ2v) is 7.47. The van der Waals surface area contributed by atoms with E-state index in [4.69, 9.17) is 5.11 Å². The second kappa shape index (κ2) is 8.70. The third kappa shape index (κ3) is 7.82. The molecule has 0 fully saturated rings. The molecule has 0 heterocycles. The van der Waals surface area contributed by atoms with E-state index in [1.165, 1.54) is 0 Å². The Kier molecular flexibility index (Phi) is 7.27. The molecule has 1 atom stereocenters. The molecular formula is C19H29NO3. The fraction of sp³-hybridized carbons (Fsp3) is 0.579. The van der Waals surface area contributed by atoms with Crippen LogP contribution in [0.15, 0.2) is 24.3 Å². The molecule has 0 aromatic heterocycles. The number of carboxylic acids is 1. The van der Waals surface area contributed by atoms with Crippen molar-refractivity contribution in [2.24, 2.45) is 11.3 Å². The van der Waals surface area contributed by atoms with Crippen LogP contribution >= 0.6 is 0 Å². The van der Waals surface area contributed by atoms with Gasteiger partial charge in [0, 0.05) is 13.0 Å². The first kappa shape index (κ1) is 19.2. The lowest BCUT2D eigenvalue weighted by Gasteiger charge is -2.23. The normalized spacial score (nSPS) is 12.7. The Hall–Kier alpha value is -1.84. The minimum Gasteiger partial charge on any atom is -0.478 e. The maximum atomic E-state index is 11.9. The van der Waals surface area contributed by atoms with Crippen LogP contribution in [0.2, 0.25) is 0 Å². The van der Waals surface area contributed by atoms with Gasteiger partial charge >= 0.3 is 5.97 Å². The Bertz CT molecular complexity index is 532. The van der Waals surface area contributed by atoms with Crippen LogP contribution in [0, 0.1) is 11.3 Å². The van der Waals surface area contributed by atoms with Gasteiger partial charge in [-0.3, -0.25) is 4.79 Å². The minimum atomic E-state index is -0.947. The van der Waals surface area contributed by atoms with E-state index in [0.29, 0.717) is 36.3 Å². The van der Waals surface area contributed by atoms with Crippen molar-refractivity contribution in [2.75, 3.05) is 6.54 Å². The van der Waals surface area contributed by atoms with Gasteiger partial charge in [0.2, 0.25) is 5.91 Å². The maximum absolute atomic E-state index is 11.9. The first-order valence-corrected chi connectivity index (χ1v) is 8.27. The zero-order valence-corrected chi connectivity index (χ0v) is 14.7. The highest BCUT2D eigenvalue weighted by Crippen LogP contribution is 2.25. The average Bonchev–Trinajstić information content (AvgIpc) is 2.43. The summed E-state index contributed by atoms with van der Waals surface area (Å²) >= 11 is 0. The van der Waals surface area contributed by atoms with Gasteiger partial charge in [0.25, 0.3) is 0 Å². The third-order valence-corrected chi connectivity index (χ3v) is 3.79. The molecule has 0 saturated heterocycles. The summed E-state index contributed by atoms with van der Waals surface area (Å²) in [6.45, 7) is 9.56. The maximum Gasteiger partial charge on any atom is 0.335 e. The Balaban J connectivity index is 2.34. The molecule has 2 N–H and O–H groups in total. The molecule has 0 radical (unpaired) electrons. The van der Waals surface area contributed by atoms with Crippen molar-refractivity contribution >= 4 is 11.9 Å². The SMILES string of the molecule is CC(CCNC(=O)CCc1ccccc1C(=O)O)CC(C)(C)C. The molecule has 0 aliphatic heterocycles. The molecule has 128 valence electrons. The molecule has 0 saturated carbocycles. The summed E-state index contributed by atoms with van der Waals surface area (Å²) in [4.78, 5) is 23.0. The van der Waals surface area contributed by atoms with Gasteiger partial charge in [-0.1, -0.05) is 45.9 Å². The predicted molar refractivity (Wildman–Crippen MR) is 92.6 cm³/mol. The molecule has 0 aliphatic rings. The molecule has 1 rings (SSSR count). The lowest BCUT2D eigenvalue weighted by atomic mass is 9.84. The van der Waals surface area contributed by atoms with Gasteiger partial charge in [-0.05, 0) is 42.2 Å². The Morgan fingerprint density at radius 3 is 2.48 bits per heavy atom. The van der Waals surface area contributed by atoms with Crippen LogP contribution in [-0.4, -0.2) is 23.5 Å². The first-order chi connectivity index (χ1) is 10.7. The van der Waals surface area contributed by atoms with Crippen molar-refractivity contribution in [3.63, 3.8) is 0 Å². The molecule has 4 nitrogen and oxygen atoms in total. The summed E-state index contributed by atoms with van der Waals surface area (Å²) in [5.74, 6) is -0.395. The van der Waals surface area contributed by atoms with Crippen molar-refractivity contribution in [2.45, 2.75) is 53.4 Å². The number of amides is 1. The predicted octanol–water partition coefficient (Wildman–Crippen LogP) is 3.90. The zero-order valence-electron chi connectivity index (χ0n) is 14.7. The fourth-order valence-electron chi connectivity index (χ4n) is 2.89. The lowest BCUT2D eigenvalue weighted by Crippen LogP contribution is -2.26. The molecule has 4 heteroatoms. The molecule has 0 aliphatic carbocycles. The Labute approximate surface area is 139 Å². The number of hydrogen-bond donors (Lipinski definition) is 2. The number of benzene rings is 1. The summed E-state index contributed by atoms with van der Waals surface area (Å²) in [5, 5.41) is 12.1. The quantitative estimate of drug-likeness (QED) is 0.764. The highest BCUT2D eigenvalue weighted by molar-refractivity contribution is 5.89. The number of nitrogens with one attached hydrogen (secondary N) is 1. The van der Waals surface area contributed by atoms with E-state index in [1.54, 1.807) is 24.3 Å². The highest BCUT2D eigenvalue weighted by Gasteiger charge is 2.15. The Morgan fingerprint density at radius 2 is 1.87 bits per heavy atom. The lowest BCUT2D eigenvalue weighted by molar-refractivity contribution is -0.121. The summed E-state index contributed by atoms with van der Waals surface area (Å²) in [6.07, 6.45) is 2.87. The van der Waals surface area contributed by atoms with Crippen LogP contribution < -0.4 is 5.32 Å².